The highest BCUT2D eigenvalue weighted by molar-refractivity contribution is 5.96. The number of carbonyl (C=O) groups excluding carboxylic acids is 1. The molecule has 35 heavy (non-hydrogen) atoms. The van der Waals surface area contributed by atoms with Crippen molar-refractivity contribution in [3.63, 3.8) is 0 Å². The third kappa shape index (κ3) is 5.89. The predicted octanol–water partition coefficient (Wildman–Crippen LogP) is 4.51. The molecular formula is C27H32N6O2. The fraction of sp³-hybridized carbons (Fsp3) is 0.296. The summed E-state index contributed by atoms with van der Waals surface area (Å²) in [6.07, 6.45) is 8.29. The minimum absolute atomic E-state index is 0.0137. The van der Waals surface area contributed by atoms with Gasteiger partial charge in [-0.25, -0.2) is 4.98 Å². The summed E-state index contributed by atoms with van der Waals surface area (Å²) in [4.78, 5) is 19.0. The second-order valence-corrected chi connectivity index (χ2v) is 8.30. The van der Waals surface area contributed by atoms with E-state index in [0.29, 0.717) is 28.1 Å². The van der Waals surface area contributed by atoms with Gasteiger partial charge in [-0.15, -0.1) is 0 Å². The van der Waals surface area contributed by atoms with Crippen LogP contribution in [0.2, 0.25) is 0 Å². The first kappa shape index (κ1) is 25.5. The lowest BCUT2D eigenvalue weighted by Crippen LogP contribution is -2.30. The Morgan fingerprint density at radius 3 is 2.69 bits per heavy atom. The van der Waals surface area contributed by atoms with Gasteiger partial charge in [0.2, 0.25) is 5.91 Å². The molecule has 8 heteroatoms. The van der Waals surface area contributed by atoms with Crippen LogP contribution in [0.1, 0.15) is 43.9 Å². The maximum atomic E-state index is 12.4. The van der Waals surface area contributed by atoms with Crippen LogP contribution in [0, 0.1) is 11.3 Å². The Labute approximate surface area is 206 Å². The zero-order valence-corrected chi connectivity index (χ0v) is 20.1. The van der Waals surface area contributed by atoms with Gasteiger partial charge in [0.15, 0.2) is 0 Å². The zero-order valence-electron chi connectivity index (χ0n) is 20.1. The molecule has 8 nitrogen and oxygen atoms in total. The summed E-state index contributed by atoms with van der Waals surface area (Å²) in [5.41, 5.74) is 15.5. The van der Waals surface area contributed by atoms with Crippen molar-refractivity contribution in [1.82, 2.24) is 4.98 Å². The van der Waals surface area contributed by atoms with E-state index in [1.807, 2.05) is 18.2 Å². The van der Waals surface area contributed by atoms with Crippen molar-refractivity contribution in [3.05, 3.63) is 66.1 Å². The molecule has 182 valence electrons. The van der Waals surface area contributed by atoms with Crippen LogP contribution in [0.25, 0.3) is 16.7 Å². The number of amides is 1. The van der Waals surface area contributed by atoms with Crippen molar-refractivity contribution >= 4 is 28.7 Å². The number of aliphatic hydroxyl groups excluding tert-OH is 1. The van der Waals surface area contributed by atoms with Gasteiger partial charge in [0.05, 0.1) is 17.1 Å². The minimum Gasteiger partial charge on any atom is -0.507 e. The molecule has 0 atom stereocenters. The van der Waals surface area contributed by atoms with Crippen molar-refractivity contribution in [2.45, 2.75) is 32.6 Å². The molecule has 1 aliphatic heterocycles. The number of aliphatic hydroxyl groups is 1. The second kappa shape index (κ2) is 11.9. The Balaban J connectivity index is 2.18. The molecule has 3 rings (SSSR count). The monoisotopic (exact) mass is 472 g/mol. The van der Waals surface area contributed by atoms with Crippen LogP contribution in [0.15, 0.2) is 54.8 Å². The molecule has 1 saturated heterocycles. The van der Waals surface area contributed by atoms with Crippen LogP contribution in [-0.2, 0) is 4.79 Å². The first-order valence-electron chi connectivity index (χ1n) is 11.7. The third-order valence-corrected chi connectivity index (χ3v) is 5.89. The largest absolute Gasteiger partial charge is 0.507 e. The molecule has 1 aromatic carbocycles. The van der Waals surface area contributed by atoms with Crippen molar-refractivity contribution < 1.29 is 9.90 Å². The first-order valence-corrected chi connectivity index (χ1v) is 11.7. The molecule has 6 N–H and O–H groups in total. The van der Waals surface area contributed by atoms with E-state index in [9.17, 15) is 15.2 Å². The summed E-state index contributed by atoms with van der Waals surface area (Å²) in [6, 6.07) is 9.55. The number of nitriles is 1. The van der Waals surface area contributed by atoms with Gasteiger partial charge in [0.1, 0.15) is 23.2 Å². The summed E-state index contributed by atoms with van der Waals surface area (Å²) in [6.45, 7) is 7.64. The summed E-state index contributed by atoms with van der Waals surface area (Å²) < 4.78 is 0. The van der Waals surface area contributed by atoms with Gasteiger partial charge in [0, 0.05) is 37.2 Å². The normalized spacial score (nSPS) is 14.4. The minimum atomic E-state index is -0.175. The van der Waals surface area contributed by atoms with Crippen LogP contribution in [-0.4, -0.2) is 35.6 Å². The lowest BCUT2D eigenvalue weighted by Gasteiger charge is -2.31. The van der Waals surface area contributed by atoms with E-state index in [-0.39, 0.29) is 36.0 Å². The lowest BCUT2D eigenvalue weighted by molar-refractivity contribution is -0.116. The lowest BCUT2D eigenvalue weighted by atomic mass is 9.96. The van der Waals surface area contributed by atoms with E-state index in [4.69, 9.17) is 11.5 Å². The number of benzene rings is 1. The van der Waals surface area contributed by atoms with Gasteiger partial charge in [0.25, 0.3) is 0 Å². The molecule has 0 saturated carbocycles. The van der Waals surface area contributed by atoms with E-state index >= 15 is 0 Å². The molecule has 0 spiro atoms. The number of rotatable bonds is 8. The number of aromatic nitrogens is 1. The molecule has 0 radical (unpaired) electrons. The van der Waals surface area contributed by atoms with Gasteiger partial charge in [-0.1, -0.05) is 24.8 Å². The van der Waals surface area contributed by atoms with E-state index in [1.165, 1.54) is 18.6 Å². The van der Waals surface area contributed by atoms with Crippen LogP contribution in [0.4, 0.5) is 17.2 Å². The fourth-order valence-electron chi connectivity index (χ4n) is 4.19. The van der Waals surface area contributed by atoms with Crippen LogP contribution in [0.5, 0.6) is 0 Å². The molecule has 0 unspecified atom stereocenters. The maximum Gasteiger partial charge on any atom is 0.225 e. The highest BCUT2D eigenvalue weighted by Crippen LogP contribution is 2.36. The molecule has 2 aromatic rings. The number of anilines is 3. The first-order chi connectivity index (χ1) is 16.9. The Morgan fingerprint density at radius 1 is 1.31 bits per heavy atom. The molecule has 1 aromatic heterocycles. The molecule has 0 bridgehead atoms. The van der Waals surface area contributed by atoms with E-state index < -0.39 is 0 Å². The molecule has 1 aliphatic rings. The van der Waals surface area contributed by atoms with Crippen LogP contribution in [0.3, 0.4) is 0 Å². The van der Waals surface area contributed by atoms with E-state index in [2.05, 4.69) is 27.8 Å². The molecule has 1 fully saturated rings. The molecular weight excluding hydrogens is 440 g/mol. The highest BCUT2D eigenvalue weighted by Gasteiger charge is 2.20. The van der Waals surface area contributed by atoms with Crippen LogP contribution >= 0.6 is 0 Å². The van der Waals surface area contributed by atoms with Gasteiger partial charge in [-0.2, -0.15) is 5.26 Å². The van der Waals surface area contributed by atoms with Gasteiger partial charge >= 0.3 is 0 Å². The Morgan fingerprint density at radius 2 is 2.06 bits per heavy atom. The standard InChI is InChI=1S/C27H32N6O2/c1-3-8-25(34)19(4-2)22-16-20(21(17-29)27(30)32-22)18-9-10-24(33-13-6-5-7-14-33)23(15-18)31-26(35)11-12-28/h3-4,8-10,15-16,34H,2,5-7,11-14,28H2,1H3,(H2,30,32)(H,31,35)/b8-3-,25-19-. The summed E-state index contributed by atoms with van der Waals surface area (Å²) in [7, 11) is 0. The number of piperidine rings is 1. The van der Waals surface area contributed by atoms with Gasteiger partial charge in [-0.05, 0) is 56.0 Å². The SMILES string of the molecule is C=C/C(=C(O)\C=C/C)c1cc(-c2ccc(N3CCCCC3)c(NC(=O)CCN)c2)c(C#N)c(N)n1. The average molecular weight is 473 g/mol. The number of hydrogen-bond donors (Lipinski definition) is 4. The molecule has 1 amide bonds. The number of nitrogens with two attached hydrogens (primary N) is 2. The van der Waals surface area contributed by atoms with Crippen LogP contribution < -0.4 is 21.7 Å². The fourth-order valence-corrected chi connectivity index (χ4v) is 4.19. The van der Waals surface area contributed by atoms with Crippen molar-refractivity contribution in [1.29, 1.82) is 5.26 Å². The summed E-state index contributed by atoms with van der Waals surface area (Å²) in [5.74, 6) is -0.145. The summed E-state index contributed by atoms with van der Waals surface area (Å²) >= 11 is 0. The Kier molecular flexibility index (Phi) is 8.65. The topological polar surface area (TPSA) is 141 Å². The number of carbonyl (C=O) groups is 1. The number of allylic oxidation sites excluding steroid dienone is 4. The van der Waals surface area contributed by atoms with Gasteiger partial charge < -0.3 is 26.8 Å². The summed E-state index contributed by atoms with van der Waals surface area (Å²) in [5, 5.41) is 23.2. The van der Waals surface area contributed by atoms with Crippen molar-refractivity contribution in [2.24, 2.45) is 5.73 Å². The predicted molar refractivity (Wildman–Crippen MR) is 142 cm³/mol. The zero-order chi connectivity index (χ0) is 25.4. The number of hydrogen-bond acceptors (Lipinski definition) is 7. The van der Waals surface area contributed by atoms with Crippen molar-refractivity contribution in [3.8, 4) is 17.2 Å². The number of nitrogen functional groups attached to an aromatic ring is 1. The van der Waals surface area contributed by atoms with Gasteiger partial charge in [-0.3, -0.25) is 4.79 Å². The number of nitrogens with zero attached hydrogens (tertiary/aromatic N) is 3. The maximum absolute atomic E-state index is 12.4. The van der Waals surface area contributed by atoms with E-state index in [1.54, 1.807) is 19.1 Å². The molecule has 0 aliphatic carbocycles. The smallest absolute Gasteiger partial charge is 0.225 e. The number of pyridine rings is 1. The third-order valence-electron chi connectivity index (χ3n) is 5.89. The van der Waals surface area contributed by atoms with E-state index in [0.717, 1.165) is 31.6 Å². The highest BCUT2D eigenvalue weighted by atomic mass is 16.3. The second-order valence-electron chi connectivity index (χ2n) is 8.30. The number of nitrogens with one attached hydrogen (secondary N) is 1. The Hall–Kier alpha value is -4.09. The van der Waals surface area contributed by atoms with Crippen molar-refractivity contribution in [2.75, 3.05) is 35.6 Å². The average Bonchev–Trinajstić information content (AvgIpc) is 2.85. The Bertz CT molecular complexity index is 1200. The quantitative estimate of drug-likeness (QED) is 0.327. The molecule has 2 heterocycles.